The van der Waals surface area contributed by atoms with Crippen LogP contribution in [0.4, 0.5) is 0 Å². The molecule has 0 amide bonds. The second-order valence-electron chi connectivity index (χ2n) is 4.74. The number of aryl methyl sites for hydroxylation is 2. The first kappa shape index (κ1) is 15.2. The van der Waals surface area contributed by atoms with Gasteiger partial charge in [0.1, 0.15) is 12.4 Å². The third-order valence-corrected chi connectivity index (χ3v) is 3.81. The van der Waals surface area contributed by atoms with E-state index in [2.05, 4.69) is 26.0 Å². The zero-order valence-corrected chi connectivity index (χ0v) is 13.1. The van der Waals surface area contributed by atoms with Crippen molar-refractivity contribution in [2.75, 3.05) is 0 Å². The molecule has 20 heavy (non-hydrogen) atoms. The van der Waals surface area contributed by atoms with Gasteiger partial charge < -0.3 is 10.5 Å². The van der Waals surface area contributed by atoms with Crippen LogP contribution in [0.5, 0.6) is 5.75 Å². The Morgan fingerprint density at radius 3 is 2.35 bits per heavy atom. The van der Waals surface area contributed by atoms with E-state index < -0.39 is 0 Å². The number of hydrogen-bond acceptors (Lipinski definition) is 2. The summed E-state index contributed by atoms with van der Waals surface area (Å²) in [6.07, 6.45) is 0. The van der Waals surface area contributed by atoms with E-state index in [0.29, 0.717) is 28.9 Å². The molecule has 0 aliphatic carbocycles. The lowest BCUT2D eigenvalue weighted by Crippen LogP contribution is -2.05. The minimum atomic E-state index is 0.336. The Morgan fingerprint density at radius 2 is 1.75 bits per heavy atom. The third kappa shape index (κ3) is 3.26. The lowest BCUT2D eigenvalue weighted by molar-refractivity contribution is 0.301. The number of hydrogen-bond donors (Lipinski definition) is 1. The van der Waals surface area contributed by atoms with Gasteiger partial charge in [-0.15, -0.1) is 0 Å². The Kier molecular flexibility index (Phi) is 4.92. The molecule has 2 rings (SSSR count). The summed E-state index contributed by atoms with van der Waals surface area (Å²) in [4.78, 5) is 0. The summed E-state index contributed by atoms with van der Waals surface area (Å²) in [5.41, 5.74) is 10.1. The fourth-order valence-corrected chi connectivity index (χ4v) is 2.74. The van der Waals surface area contributed by atoms with Crippen LogP contribution in [-0.4, -0.2) is 0 Å². The van der Waals surface area contributed by atoms with E-state index in [1.807, 2.05) is 6.07 Å². The average molecular weight is 310 g/mol. The minimum Gasteiger partial charge on any atom is -0.487 e. The molecule has 0 heterocycles. The number of nitrogens with two attached hydrogens (primary N) is 1. The van der Waals surface area contributed by atoms with Gasteiger partial charge in [0.25, 0.3) is 0 Å². The second-order valence-corrected chi connectivity index (χ2v) is 5.58. The molecule has 0 bridgehead atoms. The van der Waals surface area contributed by atoms with Gasteiger partial charge in [0, 0.05) is 17.1 Å². The van der Waals surface area contributed by atoms with Crippen molar-refractivity contribution in [1.29, 1.82) is 0 Å². The lowest BCUT2D eigenvalue weighted by atomic mass is 10.0. The summed E-state index contributed by atoms with van der Waals surface area (Å²) in [6, 6.07) is 9.63. The first-order valence-electron chi connectivity index (χ1n) is 6.38. The second kappa shape index (κ2) is 6.49. The zero-order chi connectivity index (χ0) is 14.7. The van der Waals surface area contributed by atoms with Crippen molar-refractivity contribution in [3.8, 4) is 5.75 Å². The van der Waals surface area contributed by atoms with Crippen molar-refractivity contribution in [3.63, 3.8) is 0 Å². The van der Waals surface area contributed by atoms with E-state index in [1.54, 1.807) is 12.1 Å². The summed E-state index contributed by atoms with van der Waals surface area (Å²) in [7, 11) is 0. The lowest BCUT2D eigenvalue weighted by Gasteiger charge is -2.15. The highest BCUT2D eigenvalue weighted by Crippen LogP contribution is 2.33. The molecule has 0 unspecified atom stereocenters. The maximum atomic E-state index is 6.19. The normalized spacial score (nSPS) is 10.7. The topological polar surface area (TPSA) is 35.2 Å². The number of ether oxygens (including phenoxy) is 1. The number of halogens is 2. The average Bonchev–Trinajstić information content (AvgIpc) is 2.39. The van der Waals surface area contributed by atoms with Gasteiger partial charge >= 0.3 is 0 Å². The molecular formula is C16H17Cl2NO. The van der Waals surface area contributed by atoms with Gasteiger partial charge in [0.15, 0.2) is 0 Å². The van der Waals surface area contributed by atoms with Crippen LogP contribution in [0.2, 0.25) is 10.0 Å². The third-order valence-electron chi connectivity index (χ3n) is 3.31. The molecular weight excluding hydrogens is 293 g/mol. The molecule has 0 saturated heterocycles. The first-order chi connectivity index (χ1) is 9.52. The molecule has 106 valence electrons. The Bertz CT molecular complexity index is 606. The van der Waals surface area contributed by atoms with Crippen molar-refractivity contribution in [3.05, 3.63) is 62.6 Å². The van der Waals surface area contributed by atoms with Gasteiger partial charge in [-0.1, -0.05) is 41.4 Å². The molecule has 0 fully saturated rings. The van der Waals surface area contributed by atoms with Crippen LogP contribution in [0.3, 0.4) is 0 Å². The zero-order valence-electron chi connectivity index (χ0n) is 11.5. The van der Waals surface area contributed by atoms with Gasteiger partial charge in [-0.3, -0.25) is 0 Å². The fourth-order valence-electron chi connectivity index (χ4n) is 2.15. The van der Waals surface area contributed by atoms with Gasteiger partial charge in [0.2, 0.25) is 0 Å². The first-order valence-corrected chi connectivity index (χ1v) is 7.14. The minimum absolute atomic E-state index is 0.336. The molecule has 0 atom stereocenters. The van der Waals surface area contributed by atoms with Crippen LogP contribution in [0.1, 0.15) is 22.3 Å². The highest BCUT2D eigenvalue weighted by atomic mass is 35.5. The van der Waals surface area contributed by atoms with Crippen molar-refractivity contribution >= 4 is 23.2 Å². The van der Waals surface area contributed by atoms with E-state index in [-0.39, 0.29) is 0 Å². The monoisotopic (exact) mass is 309 g/mol. The number of benzene rings is 2. The molecule has 0 aromatic heterocycles. The molecule has 2 aromatic rings. The summed E-state index contributed by atoms with van der Waals surface area (Å²) in [5, 5.41) is 1.05. The van der Waals surface area contributed by atoms with E-state index in [0.717, 1.165) is 5.56 Å². The molecule has 0 aliphatic rings. The number of rotatable bonds is 4. The summed E-state index contributed by atoms with van der Waals surface area (Å²) in [6.45, 7) is 4.94. The van der Waals surface area contributed by atoms with Gasteiger partial charge in [-0.25, -0.2) is 0 Å². The van der Waals surface area contributed by atoms with Crippen molar-refractivity contribution in [2.24, 2.45) is 5.73 Å². The fraction of sp³-hybridized carbons (Fsp3) is 0.250. The quantitative estimate of drug-likeness (QED) is 0.892. The molecule has 0 radical (unpaired) electrons. The van der Waals surface area contributed by atoms with Crippen molar-refractivity contribution < 1.29 is 4.74 Å². The van der Waals surface area contributed by atoms with Crippen LogP contribution < -0.4 is 10.5 Å². The van der Waals surface area contributed by atoms with E-state index >= 15 is 0 Å². The molecule has 4 heteroatoms. The predicted molar refractivity (Wildman–Crippen MR) is 84.6 cm³/mol. The Labute approximate surface area is 129 Å². The Hall–Kier alpha value is -1.22. The van der Waals surface area contributed by atoms with E-state index in [4.69, 9.17) is 33.7 Å². The smallest absolute Gasteiger partial charge is 0.142 e. The summed E-state index contributed by atoms with van der Waals surface area (Å²) in [5.74, 6) is 0.612. The standard InChI is InChI=1S/C16H17Cl2NO/c1-10-4-3-5-11(2)14(10)9-20-16-12(8-19)6-13(17)7-15(16)18/h3-7H,8-9,19H2,1-2H3. The maximum absolute atomic E-state index is 6.19. The van der Waals surface area contributed by atoms with E-state index in [1.165, 1.54) is 16.7 Å². The van der Waals surface area contributed by atoms with Gasteiger partial charge in [-0.05, 0) is 42.7 Å². The van der Waals surface area contributed by atoms with Gasteiger partial charge in [0.05, 0.1) is 5.02 Å². The van der Waals surface area contributed by atoms with Crippen LogP contribution in [0, 0.1) is 13.8 Å². The van der Waals surface area contributed by atoms with Gasteiger partial charge in [-0.2, -0.15) is 0 Å². The van der Waals surface area contributed by atoms with Crippen LogP contribution >= 0.6 is 23.2 Å². The summed E-state index contributed by atoms with van der Waals surface area (Å²) < 4.78 is 5.89. The van der Waals surface area contributed by atoms with Crippen molar-refractivity contribution in [1.82, 2.24) is 0 Å². The molecule has 2 aromatic carbocycles. The Morgan fingerprint density at radius 1 is 1.10 bits per heavy atom. The Balaban J connectivity index is 2.27. The predicted octanol–water partition coefficient (Wildman–Crippen LogP) is 4.65. The molecule has 2 nitrogen and oxygen atoms in total. The summed E-state index contributed by atoms with van der Waals surface area (Å²) >= 11 is 12.2. The van der Waals surface area contributed by atoms with E-state index in [9.17, 15) is 0 Å². The van der Waals surface area contributed by atoms with Crippen LogP contribution in [0.15, 0.2) is 30.3 Å². The maximum Gasteiger partial charge on any atom is 0.142 e. The highest BCUT2D eigenvalue weighted by Gasteiger charge is 2.11. The molecule has 0 spiro atoms. The van der Waals surface area contributed by atoms with Crippen LogP contribution in [-0.2, 0) is 13.2 Å². The largest absolute Gasteiger partial charge is 0.487 e. The highest BCUT2D eigenvalue weighted by molar-refractivity contribution is 6.35. The molecule has 2 N–H and O–H groups in total. The van der Waals surface area contributed by atoms with Crippen molar-refractivity contribution in [2.45, 2.75) is 27.0 Å². The SMILES string of the molecule is Cc1cccc(C)c1COc1c(Cl)cc(Cl)cc1CN. The molecule has 0 aliphatic heterocycles. The van der Waals surface area contributed by atoms with Crippen LogP contribution in [0.25, 0.3) is 0 Å². The molecule has 0 saturated carbocycles.